The van der Waals surface area contributed by atoms with Gasteiger partial charge < -0.3 is 5.32 Å². The van der Waals surface area contributed by atoms with E-state index in [2.05, 4.69) is 11.2 Å². The highest BCUT2D eigenvalue weighted by Crippen LogP contribution is 2.16. The van der Waals surface area contributed by atoms with Crippen LogP contribution in [0.4, 0.5) is 0 Å². The summed E-state index contributed by atoms with van der Waals surface area (Å²) in [5, 5.41) is 3.23. The predicted octanol–water partition coefficient (Wildman–Crippen LogP) is 0.577. The van der Waals surface area contributed by atoms with Crippen molar-refractivity contribution in [1.82, 2.24) is 5.32 Å². The summed E-state index contributed by atoms with van der Waals surface area (Å²) in [6, 6.07) is 0.257. The fourth-order valence-electron chi connectivity index (χ4n) is 1.51. The Morgan fingerprint density at radius 1 is 1.73 bits per heavy atom. The molecule has 0 bridgehead atoms. The van der Waals surface area contributed by atoms with Gasteiger partial charge in [0.25, 0.3) is 0 Å². The second-order valence-electron chi connectivity index (χ2n) is 3.00. The summed E-state index contributed by atoms with van der Waals surface area (Å²) in [5.74, 6) is 2.18. The third kappa shape index (κ3) is 1.81. The van der Waals surface area contributed by atoms with Gasteiger partial charge in [0.05, 0.1) is 0 Å². The van der Waals surface area contributed by atoms with Crippen LogP contribution in [-0.2, 0) is 4.79 Å². The van der Waals surface area contributed by atoms with Gasteiger partial charge in [-0.2, -0.15) is 0 Å². The molecule has 1 fully saturated rings. The van der Waals surface area contributed by atoms with E-state index in [0.717, 1.165) is 19.4 Å². The maximum absolute atomic E-state index is 11.1. The molecule has 1 saturated heterocycles. The molecule has 1 heterocycles. The second-order valence-corrected chi connectivity index (χ2v) is 3.00. The highest BCUT2D eigenvalue weighted by molar-refractivity contribution is 5.97. The molecular formula is C9H13NO. The zero-order valence-electron chi connectivity index (χ0n) is 6.76. The van der Waals surface area contributed by atoms with Crippen LogP contribution in [0.15, 0.2) is 0 Å². The van der Waals surface area contributed by atoms with E-state index in [1.807, 2.05) is 6.92 Å². The molecule has 2 heteroatoms. The third-order valence-corrected chi connectivity index (χ3v) is 2.24. The van der Waals surface area contributed by atoms with Gasteiger partial charge in [-0.25, -0.2) is 0 Å². The summed E-state index contributed by atoms with van der Waals surface area (Å²) in [7, 11) is 0. The molecule has 0 unspecified atom stereocenters. The van der Waals surface area contributed by atoms with E-state index in [1.54, 1.807) is 0 Å². The first-order valence-electron chi connectivity index (χ1n) is 3.99. The Bertz CT molecular complexity index is 192. The van der Waals surface area contributed by atoms with E-state index in [0.29, 0.717) is 0 Å². The van der Waals surface area contributed by atoms with E-state index in [9.17, 15) is 4.79 Å². The van der Waals surface area contributed by atoms with E-state index in [4.69, 9.17) is 6.42 Å². The summed E-state index contributed by atoms with van der Waals surface area (Å²) >= 11 is 0. The lowest BCUT2D eigenvalue weighted by Crippen LogP contribution is -2.42. The molecular weight excluding hydrogens is 138 g/mol. The van der Waals surface area contributed by atoms with Crippen molar-refractivity contribution < 1.29 is 4.79 Å². The Kier molecular flexibility index (Phi) is 2.67. The van der Waals surface area contributed by atoms with Crippen LogP contribution < -0.4 is 5.32 Å². The molecule has 0 aromatic carbocycles. The van der Waals surface area contributed by atoms with Gasteiger partial charge in [-0.05, 0) is 32.2 Å². The van der Waals surface area contributed by atoms with Crippen molar-refractivity contribution in [2.24, 2.45) is 5.92 Å². The predicted molar refractivity (Wildman–Crippen MR) is 44.0 cm³/mol. The van der Waals surface area contributed by atoms with Gasteiger partial charge in [-0.15, -0.1) is 6.42 Å². The van der Waals surface area contributed by atoms with Crippen LogP contribution in [0.25, 0.3) is 0 Å². The van der Waals surface area contributed by atoms with Crippen molar-refractivity contribution in [2.45, 2.75) is 25.8 Å². The first-order valence-corrected chi connectivity index (χ1v) is 3.99. The van der Waals surface area contributed by atoms with Crippen molar-refractivity contribution in [3.05, 3.63) is 0 Å². The van der Waals surface area contributed by atoms with Gasteiger partial charge in [-0.3, -0.25) is 4.79 Å². The van der Waals surface area contributed by atoms with Crippen LogP contribution in [0.5, 0.6) is 0 Å². The Hall–Kier alpha value is -0.810. The fourth-order valence-corrected chi connectivity index (χ4v) is 1.51. The van der Waals surface area contributed by atoms with Crippen molar-refractivity contribution >= 4 is 5.78 Å². The van der Waals surface area contributed by atoms with Gasteiger partial charge in [0.1, 0.15) is 0 Å². The Morgan fingerprint density at radius 2 is 2.45 bits per heavy atom. The average Bonchev–Trinajstić information content (AvgIpc) is 2.04. The number of rotatable bonds is 1. The number of carbonyl (C=O) groups excluding carboxylic acids is 1. The molecule has 1 rings (SSSR count). The molecule has 0 saturated carbocycles. The van der Waals surface area contributed by atoms with E-state index >= 15 is 0 Å². The lowest BCUT2D eigenvalue weighted by atomic mass is 9.88. The van der Waals surface area contributed by atoms with Crippen molar-refractivity contribution in [3.8, 4) is 12.3 Å². The molecule has 2 atom stereocenters. The molecule has 1 aliphatic heterocycles. The first kappa shape index (κ1) is 8.29. The maximum atomic E-state index is 11.1. The lowest BCUT2D eigenvalue weighted by molar-refractivity contribution is -0.118. The number of piperidine rings is 1. The minimum Gasteiger partial charge on any atom is -0.314 e. The SMILES string of the molecule is C#CC(=O)[C@H]1CCCN[C@H]1C. The number of hydrogen-bond acceptors (Lipinski definition) is 2. The summed E-state index contributed by atoms with van der Waals surface area (Å²) in [6.45, 7) is 3.02. The molecule has 0 aromatic heterocycles. The molecule has 0 amide bonds. The highest BCUT2D eigenvalue weighted by atomic mass is 16.1. The minimum absolute atomic E-state index is 0.0498. The summed E-state index contributed by atoms with van der Waals surface area (Å²) in [5.41, 5.74) is 0. The number of carbonyl (C=O) groups is 1. The van der Waals surface area contributed by atoms with Crippen LogP contribution in [0.3, 0.4) is 0 Å². The van der Waals surface area contributed by atoms with E-state index < -0.39 is 0 Å². The summed E-state index contributed by atoms with van der Waals surface area (Å²) < 4.78 is 0. The molecule has 0 radical (unpaired) electrons. The number of ketones is 1. The zero-order chi connectivity index (χ0) is 8.27. The molecule has 0 spiro atoms. The van der Waals surface area contributed by atoms with Crippen molar-refractivity contribution in [2.75, 3.05) is 6.54 Å². The molecule has 11 heavy (non-hydrogen) atoms. The Labute approximate surface area is 67.4 Å². The standard InChI is InChI=1S/C9H13NO/c1-3-9(11)8-5-4-6-10-7(8)2/h1,7-8,10H,4-6H2,2H3/t7-,8-/m0/s1. The molecule has 2 nitrogen and oxygen atoms in total. The van der Waals surface area contributed by atoms with Gasteiger partial charge in [0.2, 0.25) is 5.78 Å². The lowest BCUT2D eigenvalue weighted by Gasteiger charge is -2.27. The number of hydrogen-bond donors (Lipinski definition) is 1. The van der Waals surface area contributed by atoms with Crippen molar-refractivity contribution in [1.29, 1.82) is 0 Å². The van der Waals surface area contributed by atoms with Gasteiger partial charge >= 0.3 is 0 Å². The molecule has 1 aliphatic rings. The average molecular weight is 151 g/mol. The van der Waals surface area contributed by atoms with E-state index in [-0.39, 0.29) is 17.7 Å². The zero-order valence-corrected chi connectivity index (χ0v) is 6.76. The molecule has 1 N–H and O–H groups in total. The van der Waals surface area contributed by atoms with Crippen LogP contribution in [0, 0.1) is 18.3 Å². The monoisotopic (exact) mass is 151 g/mol. The largest absolute Gasteiger partial charge is 0.314 e. The number of Topliss-reactive ketones (excluding diaryl/α,β-unsaturated/α-hetero) is 1. The summed E-state index contributed by atoms with van der Waals surface area (Å²) in [6.07, 6.45) is 7.04. The first-order chi connectivity index (χ1) is 5.25. The van der Waals surface area contributed by atoms with Crippen LogP contribution in [0.2, 0.25) is 0 Å². The second kappa shape index (κ2) is 3.54. The van der Waals surface area contributed by atoms with Gasteiger partial charge in [0.15, 0.2) is 0 Å². The number of nitrogens with one attached hydrogen (secondary N) is 1. The highest BCUT2D eigenvalue weighted by Gasteiger charge is 2.25. The van der Waals surface area contributed by atoms with Gasteiger partial charge in [0, 0.05) is 12.0 Å². The van der Waals surface area contributed by atoms with Crippen LogP contribution >= 0.6 is 0 Å². The smallest absolute Gasteiger partial charge is 0.209 e. The van der Waals surface area contributed by atoms with Crippen molar-refractivity contribution in [3.63, 3.8) is 0 Å². The topological polar surface area (TPSA) is 29.1 Å². The van der Waals surface area contributed by atoms with E-state index in [1.165, 1.54) is 0 Å². The maximum Gasteiger partial charge on any atom is 0.209 e. The molecule has 0 aromatic rings. The quantitative estimate of drug-likeness (QED) is 0.438. The number of terminal acetylenes is 1. The van der Waals surface area contributed by atoms with Crippen LogP contribution in [-0.4, -0.2) is 18.4 Å². The Morgan fingerprint density at radius 3 is 3.00 bits per heavy atom. The summed E-state index contributed by atoms with van der Waals surface area (Å²) in [4.78, 5) is 11.1. The fraction of sp³-hybridized carbons (Fsp3) is 0.667. The normalized spacial score (nSPS) is 30.9. The molecule has 60 valence electrons. The van der Waals surface area contributed by atoms with Gasteiger partial charge in [-0.1, -0.05) is 0 Å². The third-order valence-electron chi connectivity index (χ3n) is 2.24. The molecule has 0 aliphatic carbocycles. The van der Waals surface area contributed by atoms with Crippen LogP contribution in [0.1, 0.15) is 19.8 Å². The Balaban J connectivity index is 2.56. The minimum atomic E-state index is -0.0512.